The summed E-state index contributed by atoms with van der Waals surface area (Å²) in [6.07, 6.45) is 0.746. The van der Waals surface area contributed by atoms with Crippen LogP contribution in [0.15, 0.2) is 22.7 Å². The van der Waals surface area contributed by atoms with E-state index in [0.29, 0.717) is 11.4 Å². The molecule has 1 N–H and O–H groups in total. The van der Waals surface area contributed by atoms with E-state index in [-0.39, 0.29) is 11.4 Å². The number of aryl methyl sites for hydroxylation is 1. The van der Waals surface area contributed by atoms with Gasteiger partial charge in [0.1, 0.15) is 0 Å². The summed E-state index contributed by atoms with van der Waals surface area (Å²) < 4.78 is 1.01. The normalized spacial score (nSPS) is 11.4. The second kappa shape index (κ2) is 5.87. The third kappa shape index (κ3) is 4.32. The number of carbonyl (C=O) groups excluding carboxylic acids is 1. The maximum absolute atomic E-state index is 12.0. The van der Waals surface area contributed by atoms with Gasteiger partial charge < -0.3 is 5.32 Å². The highest BCUT2D eigenvalue weighted by molar-refractivity contribution is 9.10. The molecular formula is C13H17BrClNO. The number of alkyl halides is 1. The van der Waals surface area contributed by atoms with Gasteiger partial charge in [-0.2, -0.15) is 0 Å². The van der Waals surface area contributed by atoms with Gasteiger partial charge in [0.25, 0.3) is 5.91 Å². The zero-order valence-corrected chi connectivity index (χ0v) is 12.7. The molecule has 1 aromatic rings. The van der Waals surface area contributed by atoms with Crippen LogP contribution >= 0.6 is 27.5 Å². The van der Waals surface area contributed by atoms with Gasteiger partial charge in [-0.15, -0.1) is 11.6 Å². The van der Waals surface area contributed by atoms with Gasteiger partial charge in [0.15, 0.2) is 0 Å². The molecule has 0 aromatic heterocycles. The van der Waals surface area contributed by atoms with Gasteiger partial charge in [-0.3, -0.25) is 4.79 Å². The molecule has 1 rings (SSSR count). The average Bonchev–Trinajstić information content (AvgIpc) is 2.21. The minimum atomic E-state index is -0.278. The number of carbonyl (C=O) groups is 1. The van der Waals surface area contributed by atoms with Crippen molar-refractivity contribution in [1.82, 2.24) is 5.32 Å². The standard InChI is InChI=1S/C13H17BrClNO/c1-9-8-10(4-5-11(9)14)12(17)16-13(2,3)6-7-15/h4-5,8H,6-7H2,1-3H3,(H,16,17). The second-order valence-electron chi connectivity index (χ2n) is 4.74. The van der Waals surface area contributed by atoms with Crippen LogP contribution in [0.4, 0.5) is 0 Å². The summed E-state index contributed by atoms with van der Waals surface area (Å²) in [7, 11) is 0. The Kier molecular flexibility index (Phi) is 5.02. The Morgan fingerprint density at radius 1 is 1.47 bits per heavy atom. The van der Waals surface area contributed by atoms with Gasteiger partial charge in [-0.1, -0.05) is 15.9 Å². The highest BCUT2D eigenvalue weighted by Crippen LogP contribution is 2.18. The summed E-state index contributed by atoms with van der Waals surface area (Å²) in [4.78, 5) is 12.0. The Hall–Kier alpha value is -0.540. The van der Waals surface area contributed by atoms with E-state index in [1.165, 1.54) is 0 Å². The molecule has 1 aromatic carbocycles. The molecule has 0 spiro atoms. The third-order valence-electron chi connectivity index (χ3n) is 2.59. The van der Waals surface area contributed by atoms with Crippen LogP contribution in [0.3, 0.4) is 0 Å². The summed E-state index contributed by atoms with van der Waals surface area (Å²) in [5, 5.41) is 2.98. The molecular weight excluding hydrogens is 302 g/mol. The fourth-order valence-electron chi connectivity index (χ4n) is 1.46. The number of hydrogen-bond donors (Lipinski definition) is 1. The minimum Gasteiger partial charge on any atom is -0.347 e. The first kappa shape index (κ1) is 14.5. The molecule has 94 valence electrons. The van der Waals surface area contributed by atoms with Crippen molar-refractivity contribution >= 4 is 33.4 Å². The van der Waals surface area contributed by atoms with E-state index in [1.54, 1.807) is 0 Å². The van der Waals surface area contributed by atoms with Crippen molar-refractivity contribution in [3.63, 3.8) is 0 Å². The molecule has 0 saturated heterocycles. The molecule has 0 aliphatic carbocycles. The van der Waals surface area contributed by atoms with Gasteiger partial charge in [0.05, 0.1) is 0 Å². The second-order valence-corrected chi connectivity index (χ2v) is 5.97. The first-order valence-electron chi connectivity index (χ1n) is 5.50. The third-order valence-corrected chi connectivity index (χ3v) is 3.67. The predicted octanol–water partition coefficient (Wildman–Crippen LogP) is 3.89. The van der Waals surface area contributed by atoms with E-state index < -0.39 is 0 Å². The molecule has 0 bridgehead atoms. The van der Waals surface area contributed by atoms with Crippen molar-refractivity contribution in [3.05, 3.63) is 33.8 Å². The van der Waals surface area contributed by atoms with E-state index in [9.17, 15) is 4.79 Å². The lowest BCUT2D eigenvalue weighted by molar-refractivity contribution is 0.0911. The molecule has 17 heavy (non-hydrogen) atoms. The number of hydrogen-bond acceptors (Lipinski definition) is 1. The lowest BCUT2D eigenvalue weighted by Crippen LogP contribution is -2.43. The Labute approximate surface area is 116 Å². The van der Waals surface area contributed by atoms with Gasteiger partial charge in [0, 0.05) is 21.5 Å². The fourth-order valence-corrected chi connectivity index (χ4v) is 2.18. The minimum absolute atomic E-state index is 0.0595. The Balaban J connectivity index is 2.80. The first-order chi connectivity index (χ1) is 7.85. The van der Waals surface area contributed by atoms with E-state index >= 15 is 0 Å². The lowest BCUT2D eigenvalue weighted by Gasteiger charge is -2.25. The van der Waals surface area contributed by atoms with Crippen molar-refractivity contribution in [3.8, 4) is 0 Å². The number of halogens is 2. The number of nitrogens with one attached hydrogen (secondary N) is 1. The molecule has 1 amide bonds. The fraction of sp³-hybridized carbons (Fsp3) is 0.462. The van der Waals surface area contributed by atoms with E-state index in [4.69, 9.17) is 11.6 Å². The smallest absolute Gasteiger partial charge is 0.251 e. The Morgan fingerprint density at radius 2 is 2.12 bits per heavy atom. The van der Waals surface area contributed by atoms with Gasteiger partial charge in [-0.25, -0.2) is 0 Å². The maximum atomic E-state index is 12.0. The zero-order valence-electron chi connectivity index (χ0n) is 10.3. The number of benzene rings is 1. The number of rotatable bonds is 4. The quantitative estimate of drug-likeness (QED) is 0.838. The highest BCUT2D eigenvalue weighted by Gasteiger charge is 2.20. The summed E-state index contributed by atoms with van der Waals surface area (Å²) in [5.41, 5.74) is 1.45. The van der Waals surface area contributed by atoms with Crippen LogP contribution in [0.5, 0.6) is 0 Å². The molecule has 2 nitrogen and oxygen atoms in total. The van der Waals surface area contributed by atoms with Crippen LogP contribution in [0, 0.1) is 6.92 Å². The van der Waals surface area contributed by atoms with Crippen molar-refractivity contribution in [1.29, 1.82) is 0 Å². The lowest BCUT2D eigenvalue weighted by atomic mass is 10.0. The largest absolute Gasteiger partial charge is 0.347 e. The summed E-state index contributed by atoms with van der Waals surface area (Å²) in [5.74, 6) is 0.475. The predicted molar refractivity (Wildman–Crippen MR) is 75.8 cm³/mol. The summed E-state index contributed by atoms with van der Waals surface area (Å²) in [6.45, 7) is 5.91. The van der Waals surface area contributed by atoms with Crippen LogP contribution in [0.2, 0.25) is 0 Å². The van der Waals surface area contributed by atoms with Crippen molar-refractivity contribution in [2.75, 3.05) is 5.88 Å². The van der Waals surface area contributed by atoms with E-state index in [2.05, 4.69) is 21.2 Å². The first-order valence-corrected chi connectivity index (χ1v) is 6.83. The van der Waals surface area contributed by atoms with Gasteiger partial charge in [-0.05, 0) is 51.0 Å². The van der Waals surface area contributed by atoms with Crippen molar-refractivity contribution in [2.45, 2.75) is 32.7 Å². The molecule has 0 heterocycles. The Bertz CT molecular complexity index is 418. The monoisotopic (exact) mass is 317 g/mol. The van der Waals surface area contributed by atoms with Crippen LogP contribution in [0.1, 0.15) is 36.2 Å². The molecule has 0 aliphatic rings. The van der Waals surface area contributed by atoms with Crippen molar-refractivity contribution < 1.29 is 4.79 Å². The molecule has 0 aliphatic heterocycles. The van der Waals surface area contributed by atoms with Crippen LogP contribution in [0.25, 0.3) is 0 Å². The molecule has 0 radical (unpaired) electrons. The van der Waals surface area contributed by atoms with Crippen LogP contribution in [-0.2, 0) is 0 Å². The van der Waals surface area contributed by atoms with E-state index in [1.807, 2.05) is 39.0 Å². The van der Waals surface area contributed by atoms with Crippen LogP contribution in [-0.4, -0.2) is 17.3 Å². The molecule has 0 fully saturated rings. The Morgan fingerprint density at radius 3 is 2.65 bits per heavy atom. The molecule has 0 atom stereocenters. The summed E-state index contributed by atoms with van der Waals surface area (Å²) >= 11 is 9.12. The molecule has 4 heteroatoms. The zero-order chi connectivity index (χ0) is 13.1. The number of amides is 1. The SMILES string of the molecule is Cc1cc(C(=O)NC(C)(C)CCCl)ccc1Br. The van der Waals surface area contributed by atoms with Crippen molar-refractivity contribution in [2.24, 2.45) is 0 Å². The highest BCUT2D eigenvalue weighted by atomic mass is 79.9. The van der Waals surface area contributed by atoms with Gasteiger partial charge >= 0.3 is 0 Å². The molecule has 0 unspecified atom stereocenters. The molecule has 0 saturated carbocycles. The summed E-state index contributed by atoms with van der Waals surface area (Å²) in [6, 6.07) is 5.57. The topological polar surface area (TPSA) is 29.1 Å². The average molecular weight is 319 g/mol. The van der Waals surface area contributed by atoms with Crippen LogP contribution < -0.4 is 5.32 Å². The van der Waals surface area contributed by atoms with Gasteiger partial charge in [0.2, 0.25) is 0 Å². The maximum Gasteiger partial charge on any atom is 0.251 e. The van der Waals surface area contributed by atoms with E-state index in [0.717, 1.165) is 16.5 Å².